The Labute approximate surface area is 139 Å². The van der Waals surface area contributed by atoms with Crippen LogP contribution in [0.4, 0.5) is 4.39 Å². The quantitative estimate of drug-likeness (QED) is 0.833. The van der Waals surface area contributed by atoms with Crippen LogP contribution in [0.25, 0.3) is 5.76 Å². The molecule has 124 valence electrons. The van der Waals surface area contributed by atoms with Crippen molar-refractivity contribution in [2.24, 2.45) is 23.2 Å². The highest BCUT2D eigenvalue weighted by molar-refractivity contribution is 6.35. The number of allylic oxidation sites excluding steroid dienone is 1. The summed E-state index contributed by atoms with van der Waals surface area (Å²) >= 11 is 0. The van der Waals surface area contributed by atoms with E-state index < -0.39 is 17.0 Å². The summed E-state index contributed by atoms with van der Waals surface area (Å²) in [4.78, 5) is 26.0. The molecule has 24 heavy (non-hydrogen) atoms. The molecular formula is C20H19FO3. The van der Waals surface area contributed by atoms with E-state index in [1.807, 2.05) is 0 Å². The van der Waals surface area contributed by atoms with E-state index in [0.717, 1.165) is 25.3 Å². The van der Waals surface area contributed by atoms with Gasteiger partial charge in [-0.1, -0.05) is 0 Å². The summed E-state index contributed by atoms with van der Waals surface area (Å²) in [6.45, 7) is 0. The normalized spacial score (nSPS) is 36.4. The number of carbonyl (C=O) groups is 2. The molecule has 1 aromatic rings. The third kappa shape index (κ3) is 1.77. The Balaban J connectivity index is 1.57. The van der Waals surface area contributed by atoms with Gasteiger partial charge in [0.2, 0.25) is 5.78 Å². The van der Waals surface area contributed by atoms with Crippen LogP contribution in [0.2, 0.25) is 0 Å². The molecule has 4 saturated carbocycles. The van der Waals surface area contributed by atoms with Crippen molar-refractivity contribution in [1.29, 1.82) is 0 Å². The first-order valence-corrected chi connectivity index (χ1v) is 8.79. The fraction of sp³-hybridized carbons (Fsp3) is 0.500. The highest BCUT2D eigenvalue weighted by Gasteiger charge is 2.56. The van der Waals surface area contributed by atoms with Gasteiger partial charge >= 0.3 is 0 Å². The number of aliphatic hydroxyl groups excluding tert-OH is 1. The highest BCUT2D eigenvalue weighted by atomic mass is 19.1. The van der Waals surface area contributed by atoms with Gasteiger partial charge in [-0.3, -0.25) is 9.59 Å². The number of benzene rings is 1. The Morgan fingerprint density at radius 1 is 1.04 bits per heavy atom. The van der Waals surface area contributed by atoms with E-state index >= 15 is 0 Å². The Morgan fingerprint density at radius 2 is 1.62 bits per heavy atom. The first-order valence-electron chi connectivity index (χ1n) is 8.79. The number of carbonyl (C=O) groups excluding carboxylic acids is 2. The molecule has 1 N–H and O–H groups in total. The molecule has 6 rings (SSSR count). The number of rotatable bonds is 2. The van der Waals surface area contributed by atoms with Gasteiger partial charge in [-0.15, -0.1) is 0 Å². The molecule has 4 bridgehead atoms. The molecule has 0 aromatic heterocycles. The minimum Gasteiger partial charge on any atom is -0.506 e. The Morgan fingerprint density at radius 3 is 2.21 bits per heavy atom. The first kappa shape index (κ1) is 14.4. The number of fused-ring (bicyclic) bond motifs is 1. The number of ketones is 2. The lowest BCUT2D eigenvalue weighted by molar-refractivity contribution is -0.139. The van der Waals surface area contributed by atoms with Crippen LogP contribution in [-0.2, 0) is 4.79 Å². The van der Waals surface area contributed by atoms with Crippen LogP contribution in [0.1, 0.15) is 54.4 Å². The third-order valence-corrected chi connectivity index (χ3v) is 6.69. The van der Waals surface area contributed by atoms with Gasteiger partial charge in [0.15, 0.2) is 5.78 Å². The predicted octanol–water partition coefficient (Wildman–Crippen LogP) is 4.08. The van der Waals surface area contributed by atoms with E-state index in [9.17, 15) is 19.1 Å². The molecule has 4 fully saturated rings. The summed E-state index contributed by atoms with van der Waals surface area (Å²) in [6.07, 6.45) is 6.14. The molecular weight excluding hydrogens is 307 g/mol. The topological polar surface area (TPSA) is 54.4 Å². The average Bonchev–Trinajstić information content (AvgIpc) is 2.76. The monoisotopic (exact) mass is 326 g/mol. The van der Waals surface area contributed by atoms with Crippen molar-refractivity contribution in [3.8, 4) is 0 Å². The van der Waals surface area contributed by atoms with Gasteiger partial charge < -0.3 is 5.11 Å². The van der Waals surface area contributed by atoms with Crippen LogP contribution in [-0.4, -0.2) is 16.7 Å². The standard InChI is InChI=1S/C20H19FO3/c21-13-1-2-14-15(6-13)18(23)16(17(14)22)19(24)20-7-10-3-11(8-20)5-12(4-10)9-20/h1-2,6,10-12,23H,3-5,7-9H2. The van der Waals surface area contributed by atoms with Crippen LogP contribution < -0.4 is 0 Å². The van der Waals surface area contributed by atoms with E-state index in [4.69, 9.17) is 0 Å². The number of Topliss-reactive ketones (excluding diaryl/α,β-unsaturated/α-hetero) is 2. The molecule has 0 saturated heterocycles. The number of aliphatic hydroxyl groups is 1. The van der Waals surface area contributed by atoms with Crippen molar-refractivity contribution in [1.82, 2.24) is 0 Å². The fourth-order valence-electron chi connectivity index (χ4n) is 6.15. The van der Waals surface area contributed by atoms with Gasteiger partial charge in [-0.2, -0.15) is 0 Å². The second kappa shape index (κ2) is 4.56. The maximum atomic E-state index is 13.5. The molecule has 0 atom stereocenters. The Hall–Kier alpha value is -1.97. The van der Waals surface area contributed by atoms with Crippen LogP contribution in [0.3, 0.4) is 0 Å². The van der Waals surface area contributed by atoms with E-state index in [1.165, 1.54) is 31.4 Å². The predicted molar refractivity (Wildman–Crippen MR) is 85.9 cm³/mol. The van der Waals surface area contributed by atoms with E-state index in [-0.39, 0.29) is 28.2 Å². The maximum absolute atomic E-state index is 13.5. The lowest BCUT2D eigenvalue weighted by atomic mass is 9.48. The smallest absolute Gasteiger partial charge is 0.201 e. The van der Waals surface area contributed by atoms with Crippen molar-refractivity contribution in [3.05, 3.63) is 40.7 Å². The van der Waals surface area contributed by atoms with Crippen molar-refractivity contribution in [2.75, 3.05) is 0 Å². The SMILES string of the molecule is O=C1C(C(=O)C23CC4CC(CC(C4)C2)C3)=C(O)c2cc(F)ccc21. The molecule has 4 heteroatoms. The second-order valence-corrected chi connectivity index (χ2v) is 8.27. The van der Waals surface area contributed by atoms with E-state index in [2.05, 4.69) is 0 Å². The number of hydrogen-bond acceptors (Lipinski definition) is 3. The van der Waals surface area contributed by atoms with Crippen LogP contribution in [0, 0.1) is 29.0 Å². The van der Waals surface area contributed by atoms with Gasteiger partial charge in [0, 0.05) is 16.5 Å². The van der Waals surface area contributed by atoms with Crippen molar-refractivity contribution in [3.63, 3.8) is 0 Å². The molecule has 0 spiro atoms. The fourth-order valence-corrected chi connectivity index (χ4v) is 6.15. The largest absolute Gasteiger partial charge is 0.506 e. The van der Waals surface area contributed by atoms with Crippen LogP contribution in [0.5, 0.6) is 0 Å². The molecule has 0 radical (unpaired) electrons. The summed E-state index contributed by atoms with van der Waals surface area (Å²) in [5.74, 6) is 0.272. The van der Waals surface area contributed by atoms with Gasteiger partial charge in [-0.05, 0) is 74.5 Å². The molecule has 0 unspecified atom stereocenters. The van der Waals surface area contributed by atoms with Gasteiger partial charge in [-0.25, -0.2) is 4.39 Å². The molecule has 1 aromatic carbocycles. The number of halogens is 1. The highest BCUT2D eigenvalue weighted by Crippen LogP contribution is 2.61. The van der Waals surface area contributed by atoms with Crippen LogP contribution >= 0.6 is 0 Å². The lowest BCUT2D eigenvalue weighted by Gasteiger charge is -2.55. The number of hydrogen-bond donors (Lipinski definition) is 1. The summed E-state index contributed by atoms with van der Waals surface area (Å²) in [5, 5.41) is 10.5. The van der Waals surface area contributed by atoms with Gasteiger partial charge in [0.1, 0.15) is 17.1 Å². The summed E-state index contributed by atoms with van der Waals surface area (Å²) < 4.78 is 13.5. The minimum absolute atomic E-state index is 0.0995. The molecule has 0 aliphatic heterocycles. The molecule has 5 aliphatic carbocycles. The molecule has 3 nitrogen and oxygen atoms in total. The zero-order valence-corrected chi connectivity index (χ0v) is 13.3. The summed E-state index contributed by atoms with van der Waals surface area (Å²) in [6, 6.07) is 3.70. The van der Waals surface area contributed by atoms with Crippen LogP contribution in [0.15, 0.2) is 23.8 Å². The van der Waals surface area contributed by atoms with Crippen molar-refractivity contribution < 1.29 is 19.1 Å². The second-order valence-electron chi connectivity index (χ2n) is 8.27. The molecule has 0 heterocycles. The van der Waals surface area contributed by atoms with Crippen molar-refractivity contribution in [2.45, 2.75) is 38.5 Å². The third-order valence-electron chi connectivity index (χ3n) is 6.69. The summed E-state index contributed by atoms with van der Waals surface area (Å²) in [7, 11) is 0. The maximum Gasteiger partial charge on any atom is 0.201 e. The zero-order valence-electron chi connectivity index (χ0n) is 13.3. The molecule has 5 aliphatic rings. The van der Waals surface area contributed by atoms with E-state index in [1.54, 1.807) is 0 Å². The average molecular weight is 326 g/mol. The Bertz CT molecular complexity index is 785. The zero-order chi connectivity index (χ0) is 16.6. The van der Waals surface area contributed by atoms with Crippen molar-refractivity contribution >= 4 is 17.3 Å². The van der Waals surface area contributed by atoms with E-state index in [0.29, 0.717) is 17.8 Å². The lowest BCUT2D eigenvalue weighted by Crippen LogP contribution is -2.50. The van der Waals surface area contributed by atoms with Gasteiger partial charge in [0.05, 0.1) is 0 Å². The Kier molecular flexibility index (Phi) is 2.73. The molecule has 0 amide bonds. The first-order chi connectivity index (χ1) is 11.5. The minimum atomic E-state index is -0.517. The summed E-state index contributed by atoms with van der Waals surface area (Å²) in [5.41, 5.74) is -0.179. The van der Waals surface area contributed by atoms with Gasteiger partial charge in [0.25, 0.3) is 0 Å².